The lowest BCUT2D eigenvalue weighted by atomic mass is 10.1. The molecular formula is C13H22N4O2. The van der Waals surface area contributed by atoms with Crippen molar-refractivity contribution in [2.45, 2.75) is 25.5 Å². The van der Waals surface area contributed by atoms with Gasteiger partial charge in [-0.05, 0) is 20.4 Å². The van der Waals surface area contributed by atoms with Crippen LogP contribution in [0.15, 0.2) is 6.20 Å². The minimum absolute atomic E-state index is 0.0144. The van der Waals surface area contributed by atoms with Gasteiger partial charge in [-0.2, -0.15) is 5.10 Å². The maximum atomic E-state index is 12.3. The van der Waals surface area contributed by atoms with Crippen LogP contribution in [0.4, 0.5) is 0 Å². The second-order valence-corrected chi connectivity index (χ2v) is 5.28. The summed E-state index contributed by atoms with van der Waals surface area (Å²) in [5.41, 5.74) is 1.46. The van der Waals surface area contributed by atoms with Gasteiger partial charge in [-0.1, -0.05) is 0 Å². The molecular weight excluding hydrogens is 244 g/mol. The average Bonchev–Trinajstić information content (AvgIpc) is 2.95. The van der Waals surface area contributed by atoms with Crippen LogP contribution in [0.1, 0.15) is 22.5 Å². The number of likely N-dealkylation sites (N-methyl/N-ethyl adjacent to an activating group) is 2. The Morgan fingerprint density at radius 3 is 2.95 bits per heavy atom. The number of nitrogens with one attached hydrogen (secondary N) is 1. The topological polar surface area (TPSA) is 61.5 Å². The third kappa shape index (κ3) is 2.96. The molecule has 0 aliphatic carbocycles. The Hall–Kier alpha value is -1.40. The maximum Gasteiger partial charge on any atom is 0.257 e. The van der Waals surface area contributed by atoms with Crippen molar-refractivity contribution in [3.05, 3.63) is 17.5 Å². The van der Waals surface area contributed by atoms with E-state index >= 15 is 0 Å². The second kappa shape index (κ2) is 5.71. The van der Waals surface area contributed by atoms with Gasteiger partial charge < -0.3 is 9.64 Å². The minimum Gasteiger partial charge on any atom is -0.380 e. The number of nitrogens with zero attached hydrogens (tertiary/aromatic N) is 3. The van der Waals surface area contributed by atoms with Crippen LogP contribution in [0.3, 0.4) is 0 Å². The largest absolute Gasteiger partial charge is 0.380 e. The van der Waals surface area contributed by atoms with E-state index < -0.39 is 0 Å². The summed E-state index contributed by atoms with van der Waals surface area (Å²) in [6.07, 6.45) is 2.83. The Morgan fingerprint density at radius 2 is 2.42 bits per heavy atom. The van der Waals surface area contributed by atoms with Crippen LogP contribution in [-0.4, -0.2) is 72.3 Å². The quantitative estimate of drug-likeness (QED) is 0.862. The Balaban J connectivity index is 1.96. The Labute approximate surface area is 113 Å². The molecule has 0 aromatic carbocycles. The van der Waals surface area contributed by atoms with Crippen LogP contribution in [0.25, 0.3) is 0 Å². The molecule has 2 heterocycles. The predicted octanol–water partition coefficient (Wildman–Crippen LogP) is 0.509. The van der Waals surface area contributed by atoms with Gasteiger partial charge in [0.25, 0.3) is 5.91 Å². The van der Waals surface area contributed by atoms with Crippen molar-refractivity contribution in [3.63, 3.8) is 0 Å². The number of carbonyl (C=O) groups is 1. The average molecular weight is 266 g/mol. The molecule has 0 unspecified atom stereocenters. The van der Waals surface area contributed by atoms with E-state index in [2.05, 4.69) is 22.1 Å². The molecule has 1 fully saturated rings. The smallest absolute Gasteiger partial charge is 0.257 e. The molecule has 106 valence electrons. The SMILES string of the molecule is CO[C@H]1C[C@@H](CN(C)C(=O)c2cn[nH]c2C)N(C)C1. The first-order chi connectivity index (χ1) is 9.02. The molecule has 6 nitrogen and oxygen atoms in total. The van der Waals surface area contributed by atoms with Crippen molar-refractivity contribution in [3.8, 4) is 0 Å². The molecule has 1 saturated heterocycles. The second-order valence-electron chi connectivity index (χ2n) is 5.28. The Kier molecular flexibility index (Phi) is 4.21. The van der Waals surface area contributed by atoms with E-state index in [0.29, 0.717) is 18.2 Å². The lowest BCUT2D eigenvalue weighted by Crippen LogP contribution is -2.39. The van der Waals surface area contributed by atoms with E-state index in [0.717, 1.165) is 18.7 Å². The Bertz CT molecular complexity index is 446. The zero-order valence-electron chi connectivity index (χ0n) is 12.0. The molecule has 0 saturated carbocycles. The van der Waals surface area contributed by atoms with Crippen LogP contribution in [0.2, 0.25) is 0 Å². The van der Waals surface area contributed by atoms with Crippen molar-refractivity contribution in [2.75, 3.05) is 34.3 Å². The zero-order valence-corrected chi connectivity index (χ0v) is 12.0. The highest BCUT2D eigenvalue weighted by atomic mass is 16.5. The molecule has 1 aliphatic rings. The van der Waals surface area contributed by atoms with E-state index in [9.17, 15) is 4.79 Å². The van der Waals surface area contributed by atoms with Crippen LogP contribution < -0.4 is 0 Å². The third-order valence-corrected chi connectivity index (χ3v) is 3.87. The number of aromatic nitrogens is 2. The summed E-state index contributed by atoms with van der Waals surface area (Å²) in [5.74, 6) is 0.0144. The highest BCUT2D eigenvalue weighted by molar-refractivity contribution is 5.94. The number of carbonyl (C=O) groups excluding carboxylic acids is 1. The van der Waals surface area contributed by atoms with E-state index in [1.54, 1.807) is 18.2 Å². The molecule has 0 radical (unpaired) electrons. The first-order valence-electron chi connectivity index (χ1n) is 6.51. The van der Waals surface area contributed by atoms with Crippen LogP contribution in [0.5, 0.6) is 0 Å². The highest BCUT2D eigenvalue weighted by Gasteiger charge is 2.31. The van der Waals surface area contributed by atoms with Gasteiger partial charge in [0.2, 0.25) is 0 Å². The van der Waals surface area contributed by atoms with Gasteiger partial charge in [0.15, 0.2) is 0 Å². The van der Waals surface area contributed by atoms with Crippen molar-refractivity contribution < 1.29 is 9.53 Å². The molecule has 1 N–H and O–H groups in total. The summed E-state index contributed by atoms with van der Waals surface area (Å²) in [4.78, 5) is 16.3. The Morgan fingerprint density at radius 1 is 1.68 bits per heavy atom. The van der Waals surface area contributed by atoms with Gasteiger partial charge in [-0.3, -0.25) is 14.8 Å². The molecule has 1 amide bonds. The molecule has 1 aromatic heterocycles. The molecule has 19 heavy (non-hydrogen) atoms. The van der Waals surface area contributed by atoms with Crippen molar-refractivity contribution in [1.82, 2.24) is 20.0 Å². The van der Waals surface area contributed by atoms with E-state index in [1.807, 2.05) is 14.0 Å². The number of rotatable bonds is 4. The number of hydrogen-bond acceptors (Lipinski definition) is 4. The van der Waals surface area contributed by atoms with E-state index in [4.69, 9.17) is 4.74 Å². The summed E-state index contributed by atoms with van der Waals surface area (Å²) >= 11 is 0. The van der Waals surface area contributed by atoms with Gasteiger partial charge in [-0.25, -0.2) is 0 Å². The van der Waals surface area contributed by atoms with Crippen molar-refractivity contribution in [2.24, 2.45) is 0 Å². The minimum atomic E-state index is 0.0144. The number of amides is 1. The van der Waals surface area contributed by atoms with Gasteiger partial charge >= 0.3 is 0 Å². The lowest BCUT2D eigenvalue weighted by molar-refractivity contribution is 0.0759. The maximum absolute atomic E-state index is 12.3. The number of H-pyrrole nitrogens is 1. The van der Waals surface area contributed by atoms with Crippen molar-refractivity contribution >= 4 is 5.91 Å². The lowest BCUT2D eigenvalue weighted by Gasteiger charge is -2.25. The molecule has 2 rings (SSSR count). The molecule has 1 aliphatic heterocycles. The molecule has 6 heteroatoms. The van der Waals surface area contributed by atoms with Crippen LogP contribution in [-0.2, 0) is 4.74 Å². The standard InChI is InChI=1S/C13H22N4O2/c1-9-12(6-14-15-9)13(18)17(3)7-10-5-11(19-4)8-16(10)2/h6,10-11H,5,7-8H2,1-4H3,(H,14,15)/t10-,11-/m0/s1. The summed E-state index contributed by atoms with van der Waals surface area (Å²) < 4.78 is 5.39. The fraction of sp³-hybridized carbons (Fsp3) is 0.692. The summed E-state index contributed by atoms with van der Waals surface area (Å²) in [5, 5.41) is 6.69. The molecule has 0 spiro atoms. The molecule has 0 bridgehead atoms. The zero-order chi connectivity index (χ0) is 14.0. The van der Waals surface area contributed by atoms with Gasteiger partial charge in [0, 0.05) is 39.0 Å². The van der Waals surface area contributed by atoms with Gasteiger partial charge in [0.05, 0.1) is 17.9 Å². The summed E-state index contributed by atoms with van der Waals surface area (Å²) in [7, 11) is 5.65. The van der Waals surface area contributed by atoms with Crippen molar-refractivity contribution in [1.29, 1.82) is 0 Å². The number of hydrogen-bond donors (Lipinski definition) is 1. The summed E-state index contributed by atoms with van der Waals surface area (Å²) in [6, 6.07) is 0.353. The summed E-state index contributed by atoms with van der Waals surface area (Å²) in [6.45, 7) is 3.49. The molecule has 2 atom stereocenters. The number of likely N-dealkylation sites (tertiary alicyclic amines) is 1. The first-order valence-corrected chi connectivity index (χ1v) is 6.51. The van der Waals surface area contributed by atoms with Crippen LogP contribution in [0, 0.1) is 6.92 Å². The number of ether oxygens (including phenoxy) is 1. The predicted molar refractivity (Wildman–Crippen MR) is 72.1 cm³/mol. The third-order valence-electron chi connectivity index (χ3n) is 3.87. The van der Waals surface area contributed by atoms with Gasteiger partial charge in [-0.15, -0.1) is 0 Å². The van der Waals surface area contributed by atoms with Gasteiger partial charge in [0.1, 0.15) is 0 Å². The monoisotopic (exact) mass is 266 g/mol. The normalized spacial score (nSPS) is 23.8. The van der Waals surface area contributed by atoms with E-state index in [-0.39, 0.29) is 12.0 Å². The fourth-order valence-electron chi connectivity index (χ4n) is 2.58. The first kappa shape index (κ1) is 14.0. The van der Waals surface area contributed by atoms with E-state index in [1.165, 1.54) is 0 Å². The number of aryl methyl sites for hydroxylation is 1. The van der Waals surface area contributed by atoms with Crippen LogP contribution >= 0.6 is 0 Å². The molecule has 1 aromatic rings. The number of aromatic amines is 1. The highest BCUT2D eigenvalue weighted by Crippen LogP contribution is 2.19. The fourth-order valence-corrected chi connectivity index (χ4v) is 2.58. The number of methoxy groups -OCH3 is 1.